The van der Waals surface area contributed by atoms with E-state index in [2.05, 4.69) is 42.3 Å². The van der Waals surface area contributed by atoms with Gasteiger partial charge in [-0.1, -0.05) is 12.1 Å². The van der Waals surface area contributed by atoms with Crippen LogP contribution >= 0.6 is 0 Å². The van der Waals surface area contributed by atoms with Gasteiger partial charge in [0.15, 0.2) is 0 Å². The second-order valence-corrected chi connectivity index (χ2v) is 5.05. The van der Waals surface area contributed by atoms with E-state index in [0.717, 1.165) is 19.6 Å². The number of benzene rings is 1. The molecule has 0 radical (unpaired) electrons. The summed E-state index contributed by atoms with van der Waals surface area (Å²) >= 11 is 0. The molecule has 0 amide bonds. The van der Waals surface area contributed by atoms with Gasteiger partial charge in [-0.2, -0.15) is 0 Å². The van der Waals surface area contributed by atoms with Crippen LogP contribution in [0.3, 0.4) is 0 Å². The minimum Gasteiger partial charge on any atom is -0.469 e. The van der Waals surface area contributed by atoms with Gasteiger partial charge in [-0.05, 0) is 31.0 Å². The molecule has 1 atom stereocenters. The molecule has 1 aliphatic rings. The van der Waals surface area contributed by atoms with Crippen molar-refractivity contribution >= 4 is 11.7 Å². The van der Waals surface area contributed by atoms with Crippen LogP contribution in [0.25, 0.3) is 0 Å². The van der Waals surface area contributed by atoms with Gasteiger partial charge in [0.05, 0.1) is 19.6 Å². The topological polar surface area (TPSA) is 41.6 Å². The van der Waals surface area contributed by atoms with Crippen molar-refractivity contribution in [3.63, 3.8) is 0 Å². The first-order chi connectivity index (χ1) is 9.13. The molecule has 4 heteroatoms. The van der Waals surface area contributed by atoms with Crippen molar-refractivity contribution in [1.82, 2.24) is 5.32 Å². The summed E-state index contributed by atoms with van der Waals surface area (Å²) in [5, 5.41) is 3.35. The Balaban J connectivity index is 2.23. The molecule has 1 aliphatic heterocycles. The van der Waals surface area contributed by atoms with Gasteiger partial charge in [0.2, 0.25) is 0 Å². The first-order valence-electron chi connectivity index (χ1n) is 6.74. The molecule has 1 aromatic carbocycles. The number of methoxy groups -OCH3 is 1. The molecule has 0 aliphatic carbocycles. The number of piperazine rings is 1. The van der Waals surface area contributed by atoms with Crippen LogP contribution in [-0.2, 0) is 9.53 Å². The van der Waals surface area contributed by atoms with Crippen LogP contribution in [0.2, 0.25) is 0 Å². The molecule has 1 unspecified atom stereocenters. The van der Waals surface area contributed by atoms with E-state index in [9.17, 15) is 4.79 Å². The molecule has 1 saturated heterocycles. The molecule has 1 N–H and O–H groups in total. The molecule has 19 heavy (non-hydrogen) atoms. The standard InChI is InChI=1S/C15H22N2O2/c1-11-5-4-6-14(12(11)2)17-8-7-16-10-13(17)9-15(18)19-3/h4-6,13,16H,7-10H2,1-3H3. The summed E-state index contributed by atoms with van der Waals surface area (Å²) in [7, 11) is 1.45. The van der Waals surface area contributed by atoms with Gasteiger partial charge >= 0.3 is 5.97 Å². The van der Waals surface area contributed by atoms with E-state index < -0.39 is 0 Å². The van der Waals surface area contributed by atoms with Crippen LogP contribution in [0.5, 0.6) is 0 Å². The van der Waals surface area contributed by atoms with E-state index in [0.29, 0.717) is 6.42 Å². The number of anilines is 1. The summed E-state index contributed by atoms with van der Waals surface area (Å²) in [6, 6.07) is 6.50. The van der Waals surface area contributed by atoms with Gasteiger partial charge in [0, 0.05) is 25.3 Å². The van der Waals surface area contributed by atoms with E-state index in [1.54, 1.807) is 0 Å². The lowest BCUT2D eigenvalue weighted by molar-refractivity contribution is -0.141. The lowest BCUT2D eigenvalue weighted by atomic mass is 10.0. The fraction of sp³-hybridized carbons (Fsp3) is 0.533. The molecule has 1 fully saturated rings. The normalized spacial score (nSPS) is 19.3. The number of rotatable bonds is 3. The highest BCUT2D eigenvalue weighted by molar-refractivity contribution is 5.71. The second kappa shape index (κ2) is 6.06. The van der Waals surface area contributed by atoms with Crippen LogP contribution in [0.4, 0.5) is 5.69 Å². The molecule has 0 bridgehead atoms. The largest absolute Gasteiger partial charge is 0.469 e. The highest BCUT2D eigenvalue weighted by Crippen LogP contribution is 2.26. The fourth-order valence-corrected chi connectivity index (χ4v) is 2.58. The van der Waals surface area contributed by atoms with Crippen LogP contribution < -0.4 is 10.2 Å². The molecule has 104 valence electrons. The SMILES string of the molecule is COC(=O)CC1CNCCN1c1cccc(C)c1C. The quantitative estimate of drug-likeness (QED) is 0.841. The molecule has 1 aromatic rings. The molecular formula is C15H22N2O2. The molecule has 1 heterocycles. The highest BCUT2D eigenvalue weighted by atomic mass is 16.5. The average Bonchev–Trinajstić information content (AvgIpc) is 2.42. The number of aryl methyl sites for hydroxylation is 1. The first kappa shape index (κ1) is 13.9. The zero-order valence-electron chi connectivity index (χ0n) is 11.9. The van der Waals surface area contributed by atoms with Crippen molar-refractivity contribution < 1.29 is 9.53 Å². The molecule has 4 nitrogen and oxygen atoms in total. The summed E-state index contributed by atoms with van der Waals surface area (Å²) < 4.78 is 4.80. The summed E-state index contributed by atoms with van der Waals surface area (Å²) in [6.45, 7) is 6.96. The molecule has 0 aromatic heterocycles. The Labute approximate surface area is 114 Å². The summed E-state index contributed by atoms with van der Waals surface area (Å²) in [5.74, 6) is -0.149. The molecule has 2 rings (SSSR count). The van der Waals surface area contributed by atoms with Crippen LogP contribution in [-0.4, -0.2) is 38.8 Å². The number of nitrogens with one attached hydrogen (secondary N) is 1. The van der Waals surface area contributed by atoms with E-state index in [1.165, 1.54) is 23.9 Å². The maximum Gasteiger partial charge on any atom is 0.307 e. The van der Waals surface area contributed by atoms with Crippen molar-refractivity contribution in [2.24, 2.45) is 0 Å². The number of hydrogen-bond donors (Lipinski definition) is 1. The summed E-state index contributed by atoms with van der Waals surface area (Å²) in [6.07, 6.45) is 0.427. The maximum absolute atomic E-state index is 11.5. The van der Waals surface area contributed by atoms with E-state index in [1.807, 2.05) is 0 Å². The fourth-order valence-electron chi connectivity index (χ4n) is 2.58. The van der Waals surface area contributed by atoms with Crippen molar-refractivity contribution in [3.05, 3.63) is 29.3 Å². The number of ether oxygens (including phenoxy) is 1. The summed E-state index contributed by atoms with van der Waals surface area (Å²) in [5.41, 5.74) is 3.81. The Morgan fingerprint density at radius 1 is 1.47 bits per heavy atom. The number of carbonyl (C=O) groups is 1. The zero-order chi connectivity index (χ0) is 13.8. The van der Waals surface area contributed by atoms with Crippen LogP contribution in [0.15, 0.2) is 18.2 Å². The van der Waals surface area contributed by atoms with Crippen molar-refractivity contribution in [1.29, 1.82) is 0 Å². The monoisotopic (exact) mass is 262 g/mol. The predicted molar refractivity (Wildman–Crippen MR) is 76.6 cm³/mol. The van der Waals surface area contributed by atoms with Gasteiger partial charge in [-0.3, -0.25) is 4.79 Å². The Morgan fingerprint density at radius 2 is 2.26 bits per heavy atom. The minimum absolute atomic E-state index is 0.149. The number of nitrogens with zero attached hydrogens (tertiary/aromatic N) is 1. The summed E-state index contributed by atoms with van der Waals surface area (Å²) in [4.78, 5) is 13.9. The van der Waals surface area contributed by atoms with Gasteiger partial charge in [0.25, 0.3) is 0 Å². The van der Waals surface area contributed by atoms with E-state index in [4.69, 9.17) is 4.74 Å². The Bertz CT molecular complexity index is 459. The zero-order valence-corrected chi connectivity index (χ0v) is 11.9. The third kappa shape index (κ3) is 3.07. The molecule has 0 saturated carbocycles. The molecule has 0 spiro atoms. The third-order valence-electron chi connectivity index (χ3n) is 3.87. The molecular weight excluding hydrogens is 240 g/mol. The van der Waals surface area contributed by atoms with Crippen molar-refractivity contribution in [2.75, 3.05) is 31.6 Å². The van der Waals surface area contributed by atoms with Gasteiger partial charge in [0.1, 0.15) is 0 Å². The van der Waals surface area contributed by atoms with E-state index in [-0.39, 0.29) is 12.0 Å². The van der Waals surface area contributed by atoms with Crippen LogP contribution in [0, 0.1) is 13.8 Å². The van der Waals surface area contributed by atoms with E-state index >= 15 is 0 Å². The van der Waals surface area contributed by atoms with Gasteiger partial charge in [-0.15, -0.1) is 0 Å². The highest BCUT2D eigenvalue weighted by Gasteiger charge is 2.26. The predicted octanol–water partition coefficient (Wildman–Crippen LogP) is 1.64. The minimum atomic E-state index is -0.149. The maximum atomic E-state index is 11.5. The van der Waals surface area contributed by atoms with Gasteiger partial charge in [-0.25, -0.2) is 0 Å². The Morgan fingerprint density at radius 3 is 3.00 bits per heavy atom. The smallest absolute Gasteiger partial charge is 0.307 e. The second-order valence-electron chi connectivity index (χ2n) is 5.05. The van der Waals surface area contributed by atoms with Crippen molar-refractivity contribution in [3.8, 4) is 0 Å². The van der Waals surface area contributed by atoms with Crippen molar-refractivity contribution in [2.45, 2.75) is 26.3 Å². The van der Waals surface area contributed by atoms with Gasteiger partial charge < -0.3 is 15.0 Å². The Kier molecular flexibility index (Phi) is 4.43. The number of esters is 1. The average molecular weight is 262 g/mol. The lowest BCUT2D eigenvalue weighted by Gasteiger charge is -2.38. The first-order valence-corrected chi connectivity index (χ1v) is 6.74. The Hall–Kier alpha value is -1.55. The lowest BCUT2D eigenvalue weighted by Crippen LogP contribution is -2.52. The third-order valence-corrected chi connectivity index (χ3v) is 3.87. The number of hydrogen-bond acceptors (Lipinski definition) is 4. The van der Waals surface area contributed by atoms with Crippen LogP contribution in [0.1, 0.15) is 17.5 Å². The number of carbonyl (C=O) groups excluding carboxylic acids is 1.